The van der Waals surface area contributed by atoms with Crippen molar-refractivity contribution >= 4 is 35.6 Å². The van der Waals surface area contributed by atoms with Crippen LogP contribution in [0.25, 0.3) is 0 Å². The summed E-state index contributed by atoms with van der Waals surface area (Å²) in [6.07, 6.45) is 8.42. The molecular weight excluding hydrogens is 384 g/mol. The van der Waals surface area contributed by atoms with E-state index in [0.717, 1.165) is 22.5 Å². The predicted molar refractivity (Wildman–Crippen MR) is 120 cm³/mol. The lowest BCUT2D eigenvalue weighted by Crippen LogP contribution is -2.20. The Hall–Kier alpha value is -2.04. The molecule has 3 rings (SSSR count). The fraction of sp³-hybridized carbons (Fsp3) is 0.250. The van der Waals surface area contributed by atoms with Gasteiger partial charge in [-0.15, -0.1) is 23.5 Å². The summed E-state index contributed by atoms with van der Waals surface area (Å²) >= 11 is 3.38. The Labute approximate surface area is 175 Å². The topological polar surface area (TPSA) is 34.1 Å². The van der Waals surface area contributed by atoms with Crippen LogP contribution in [0.4, 0.5) is 0 Å². The van der Waals surface area contributed by atoms with Crippen LogP contribution in [-0.4, -0.2) is 21.6 Å². The third-order valence-corrected chi connectivity index (χ3v) is 6.91. The molecule has 0 saturated carbocycles. The van der Waals surface area contributed by atoms with Crippen molar-refractivity contribution in [1.82, 2.24) is 0 Å². The second-order valence-corrected chi connectivity index (χ2v) is 10.9. The molecule has 0 spiro atoms. The molecule has 4 heteroatoms. The Morgan fingerprint density at radius 1 is 1.04 bits per heavy atom. The van der Waals surface area contributed by atoms with Gasteiger partial charge in [-0.3, -0.25) is 4.79 Å². The van der Waals surface area contributed by atoms with Crippen molar-refractivity contribution < 1.29 is 9.59 Å². The van der Waals surface area contributed by atoms with Crippen molar-refractivity contribution in [1.29, 1.82) is 0 Å². The van der Waals surface area contributed by atoms with Gasteiger partial charge in [-0.2, -0.15) is 0 Å². The van der Waals surface area contributed by atoms with Crippen LogP contribution in [0.1, 0.15) is 43.1 Å². The summed E-state index contributed by atoms with van der Waals surface area (Å²) in [4.78, 5) is 25.9. The molecular formula is C24H24O2S2. The van der Waals surface area contributed by atoms with Crippen LogP contribution in [0.15, 0.2) is 82.6 Å². The minimum absolute atomic E-state index is 0.0413. The molecule has 0 aliphatic heterocycles. The summed E-state index contributed by atoms with van der Waals surface area (Å²) in [5, 5.41) is 0. The number of ketones is 1. The lowest BCUT2D eigenvalue weighted by molar-refractivity contribution is -0.109. The summed E-state index contributed by atoms with van der Waals surface area (Å²) in [6, 6.07) is 17.2. The molecule has 1 aliphatic rings. The highest BCUT2D eigenvalue weighted by Crippen LogP contribution is 2.42. The summed E-state index contributed by atoms with van der Waals surface area (Å²) < 4.78 is -0.446. The molecule has 0 saturated heterocycles. The molecule has 0 heterocycles. The Kier molecular flexibility index (Phi) is 6.31. The quantitative estimate of drug-likeness (QED) is 0.396. The van der Waals surface area contributed by atoms with Gasteiger partial charge in [0.2, 0.25) is 0 Å². The number of rotatable bonds is 7. The average molecular weight is 409 g/mol. The maximum absolute atomic E-state index is 12.5. The number of aldehydes is 1. The highest BCUT2D eigenvalue weighted by molar-refractivity contribution is 8.05. The van der Waals surface area contributed by atoms with Crippen LogP contribution >= 0.6 is 23.5 Å². The van der Waals surface area contributed by atoms with Gasteiger partial charge in [-0.1, -0.05) is 48.6 Å². The van der Waals surface area contributed by atoms with Crippen molar-refractivity contribution in [3.63, 3.8) is 0 Å². The number of hydrogen-bond acceptors (Lipinski definition) is 4. The number of carbonyl (C=O) groups is 2. The zero-order valence-corrected chi connectivity index (χ0v) is 18.0. The number of allylic oxidation sites excluding steroid dienone is 2. The lowest BCUT2D eigenvalue weighted by Gasteiger charge is -2.28. The van der Waals surface area contributed by atoms with E-state index in [2.05, 4.69) is 25.2 Å². The first kappa shape index (κ1) is 20.7. The summed E-state index contributed by atoms with van der Waals surface area (Å²) in [6.45, 7) is 6.07. The zero-order valence-electron chi connectivity index (χ0n) is 16.3. The Balaban J connectivity index is 1.65. The van der Waals surface area contributed by atoms with E-state index in [0.29, 0.717) is 11.1 Å². The van der Waals surface area contributed by atoms with Crippen LogP contribution in [0.2, 0.25) is 0 Å². The second-order valence-electron chi connectivity index (χ2n) is 7.60. The van der Waals surface area contributed by atoms with E-state index in [4.69, 9.17) is 0 Å². The van der Waals surface area contributed by atoms with Gasteiger partial charge in [-0.05, 0) is 51.5 Å². The normalized spacial score (nSPS) is 19.2. The summed E-state index contributed by atoms with van der Waals surface area (Å²) in [5.74, 6) is 0.0447. The van der Waals surface area contributed by atoms with Crippen LogP contribution in [0.5, 0.6) is 0 Å². The first-order valence-electron chi connectivity index (χ1n) is 9.24. The van der Waals surface area contributed by atoms with E-state index in [9.17, 15) is 9.59 Å². The summed E-state index contributed by atoms with van der Waals surface area (Å²) in [5.41, 5.74) is 1.41. The highest BCUT2D eigenvalue weighted by atomic mass is 32.2. The van der Waals surface area contributed by atoms with E-state index in [-0.39, 0.29) is 10.5 Å². The van der Waals surface area contributed by atoms with Crippen molar-refractivity contribution in [2.45, 2.75) is 41.6 Å². The average Bonchev–Trinajstić information content (AvgIpc) is 2.70. The zero-order chi connectivity index (χ0) is 20.2. The molecule has 144 valence electrons. The first-order chi connectivity index (χ1) is 13.3. The Morgan fingerprint density at radius 2 is 1.68 bits per heavy atom. The van der Waals surface area contributed by atoms with Gasteiger partial charge >= 0.3 is 0 Å². The van der Waals surface area contributed by atoms with Gasteiger partial charge in [0.25, 0.3) is 0 Å². The smallest absolute Gasteiger partial charge is 0.193 e. The maximum Gasteiger partial charge on any atom is 0.193 e. The van der Waals surface area contributed by atoms with Crippen molar-refractivity contribution in [3.8, 4) is 0 Å². The number of benzene rings is 2. The lowest BCUT2D eigenvalue weighted by atomic mass is 10.0. The van der Waals surface area contributed by atoms with Crippen LogP contribution in [0, 0.1) is 0 Å². The van der Waals surface area contributed by atoms with E-state index in [1.807, 2.05) is 68.4 Å². The maximum atomic E-state index is 12.5. The van der Waals surface area contributed by atoms with Gasteiger partial charge in [0.1, 0.15) is 6.29 Å². The summed E-state index contributed by atoms with van der Waals surface area (Å²) in [7, 11) is 0. The van der Waals surface area contributed by atoms with Crippen molar-refractivity contribution in [2.24, 2.45) is 0 Å². The molecule has 0 bridgehead atoms. The standard InChI is InChI=1S/C24H24O2S2/c1-23(2,17-25)27-21-13-15-24(3,16-14-21)28-20-11-9-19(10-12-20)22(26)18-7-5-4-6-8-18/h4-15,17H,16H2,1-3H3. The van der Waals surface area contributed by atoms with E-state index < -0.39 is 4.75 Å². The van der Waals surface area contributed by atoms with Crippen LogP contribution < -0.4 is 0 Å². The number of thioether (sulfide) groups is 2. The van der Waals surface area contributed by atoms with E-state index in [1.165, 1.54) is 0 Å². The second kappa shape index (κ2) is 8.54. The Bertz CT molecular complexity index is 911. The van der Waals surface area contributed by atoms with Gasteiger partial charge in [-0.25, -0.2) is 0 Å². The van der Waals surface area contributed by atoms with Crippen molar-refractivity contribution in [3.05, 3.63) is 88.9 Å². The molecule has 28 heavy (non-hydrogen) atoms. The number of carbonyl (C=O) groups excluding carboxylic acids is 2. The third kappa shape index (κ3) is 5.27. The molecule has 0 fully saturated rings. The van der Waals surface area contributed by atoms with Crippen LogP contribution in [0.3, 0.4) is 0 Å². The molecule has 1 unspecified atom stereocenters. The van der Waals surface area contributed by atoms with E-state index >= 15 is 0 Å². The van der Waals surface area contributed by atoms with Gasteiger partial charge in [0.15, 0.2) is 5.78 Å². The van der Waals surface area contributed by atoms with Crippen molar-refractivity contribution in [2.75, 3.05) is 0 Å². The van der Waals surface area contributed by atoms with Gasteiger partial charge in [0.05, 0.1) is 4.75 Å². The van der Waals surface area contributed by atoms with Gasteiger partial charge in [0, 0.05) is 25.7 Å². The molecule has 2 aromatic rings. The van der Waals surface area contributed by atoms with Gasteiger partial charge < -0.3 is 4.79 Å². The van der Waals surface area contributed by atoms with E-state index in [1.54, 1.807) is 23.5 Å². The SMILES string of the molecule is CC(C)(C=O)SC1=CCC(C)(Sc2ccc(C(=O)c3ccccc3)cc2)C=C1. The van der Waals surface area contributed by atoms with Crippen LogP contribution in [-0.2, 0) is 4.79 Å². The third-order valence-electron chi connectivity index (χ3n) is 4.48. The molecule has 0 aromatic heterocycles. The predicted octanol–water partition coefficient (Wildman–Crippen LogP) is 6.32. The molecule has 2 nitrogen and oxygen atoms in total. The fourth-order valence-electron chi connectivity index (χ4n) is 2.88. The fourth-order valence-corrected chi connectivity index (χ4v) is 4.95. The highest BCUT2D eigenvalue weighted by Gasteiger charge is 2.26. The molecule has 1 atom stereocenters. The molecule has 1 aliphatic carbocycles. The number of hydrogen-bond donors (Lipinski definition) is 0. The monoisotopic (exact) mass is 408 g/mol. The minimum atomic E-state index is -0.405. The molecule has 0 N–H and O–H groups in total. The molecule has 2 aromatic carbocycles. The first-order valence-corrected chi connectivity index (χ1v) is 10.9. The molecule has 0 amide bonds. The molecule has 0 radical (unpaired) electrons. The minimum Gasteiger partial charge on any atom is -0.302 e. The largest absolute Gasteiger partial charge is 0.302 e. The Morgan fingerprint density at radius 3 is 2.25 bits per heavy atom.